The summed E-state index contributed by atoms with van der Waals surface area (Å²) in [6.45, 7) is 10.4. The Morgan fingerprint density at radius 2 is 1.91 bits per heavy atom. The molecule has 1 aromatic carbocycles. The number of ether oxygens (including phenoxy) is 3. The lowest BCUT2D eigenvalue weighted by Crippen LogP contribution is -2.35. The molecule has 0 unspecified atom stereocenters. The highest BCUT2D eigenvalue weighted by atomic mass is 16.7. The molecule has 3 heteroatoms. The summed E-state index contributed by atoms with van der Waals surface area (Å²) in [6, 6.07) is 8.15. The van der Waals surface area contributed by atoms with E-state index in [2.05, 4.69) is 39.8 Å². The summed E-state index contributed by atoms with van der Waals surface area (Å²) < 4.78 is 17.9. The van der Waals surface area contributed by atoms with Gasteiger partial charge in [0, 0.05) is 11.5 Å². The quantitative estimate of drug-likeness (QED) is 0.646. The van der Waals surface area contributed by atoms with Gasteiger partial charge in [0.05, 0.1) is 19.3 Å². The average Bonchev–Trinajstić information content (AvgIpc) is 2.55. The molecule has 0 radical (unpaired) electrons. The molecule has 0 aromatic heterocycles. The second-order valence-corrected chi connectivity index (χ2v) is 6.90. The smallest absolute Gasteiger partial charge is 0.184 e. The van der Waals surface area contributed by atoms with Crippen molar-refractivity contribution >= 4 is 0 Å². The Bertz CT molecular complexity index is 441. The third kappa shape index (κ3) is 5.50. The van der Waals surface area contributed by atoms with Crippen molar-refractivity contribution in [1.82, 2.24) is 0 Å². The van der Waals surface area contributed by atoms with E-state index in [0.29, 0.717) is 17.9 Å². The highest BCUT2D eigenvalue weighted by molar-refractivity contribution is 5.28. The molecule has 3 atom stereocenters. The van der Waals surface area contributed by atoms with Gasteiger partial charge in [0.25, 0.3) is 0 Å². The molecule has 1 aromatic rings. The van der Waals surface area contributed by atoms with E-state index in [1.165, 1.54) is 0 Å². The van der Waals surface area contributed by atoms with E-state index < -0.39 is 0 Å². The molecule has 0 spiro atoms. The lowest BCUT2D eigenvalue weighted by molar-refractivity contribution is -0.243. The maximum atomic E-state index is 6.21. The van der Waals surface area contributed by atoms with Crippen molar-refractivity contribution in [2.45, 2.75) is 65.8 Å². The van der Waals surface area contributed by atoms with E-state index >= 15 is 0 Å². The van der Waals surface area contributed by atoms with Gasteiger partial charge < -0.3 is 14.2 Å². The van der Waals surface area contributed by atoms with Crippen LogP contribution in [0.15, 0.2) is 24.3 Å². The predicted molar refractivity (Wildman–Crippen MR) is 93.6 cm³/mol. The number of hydrogen-bond acceptors (Lipinski definition) is 3. The number of rotatable bonds is 8. The second kappa shape index (κ2) is 9.29. The van der Waals surface area contributed by atoms with Crippen LogP contribution in [0.1, 0.15) is 65.2 Å². The summed E-state index contributed by atoms with van der Waals surface area (Å²) in [6.07, 6.45) is 4.52. The lowest BCUT2D eigenvalue weighted by atomic mass is 9.95. The summed E-state index contributed by atoms with van der Waals surface area (Å²) >= 11 is 0. The van der Waals surface area contributed by atoms with Crippen molar-refractivity contribution < 1.29 is 14.2 Å². The van der Waals surface area contributed by atoms with Gasteiger partial charge in [-0.25, -0.2) is 0 Å². The Balaban J connectivity index is 1.91. The summed E-state index contributed by atoms with van der Waals surface area (Å²) in [7, 11) is 0. The normalized spacial score (nSPS) is 24.8. The predicted octanol–water partition coefficient (Wildman–Crippen LogP) is 5.35. The van der Waals surface area contributed by atoms with Gasteiger partial charge in [-0.2, -0.15) is 0 Å². The lowest BCUT2D eigenvalue weighted by Gasteiger charge is -2.36. The minimum atomic E-state index is -0.237. The average molecular weight is 320 g/mol. The third-order valence-corrected chi connectivity index (χ3v) is 4.50. The van der Waals surface area contributed by atoms with Gasteiger partial charge in [-0.05, 0) is 37.3 Å². The van der Waals surface area contributed by atoms with Crippen LogP contribution in [0.3, 0.4) is 0 Å². The number of benzene rings is 1. The first-order chi connectivity index (χ1) is 11.1. The molecule has 0 aliphatic carbocycles. The summed E-state index contributed by atoms with van der Waals surface area (Å²) in [5, 5.41) is 0. The molecule has 1 aliphatic rings. The molecular weight excluding hydrogens is 288 g/mol. The minimum Gasteiger partial charge on any atom is -0.494 e. The Kier molecular flexibility index (Phi) is 7.38. The fourth-order valence-electron chi connectivity index (χ4n) is 2.90. The van der Waals surface area contributed by atoms with Crippen molar-refractivity contribution in [3.8, 4) is 5.75 Å². The fraction of sp³-hybridized carbons (Fsp3) is 0.700. The topological polar surface area (TPSA) is 27.7 Å². The Labute approximate surface area is 141 Å². The summed E-state index contributed by atoms with van der Waals surface area (Å²) in [4.78, 5) is 0. The van der Waals surface area contributed by atoms with Crippen LogP contribution in [0.5, 0.6) is 5.75 Å². The molecule has 1 heterocycles. The van der Waals surface area contributed by atoms with Gasteiger partial charge in [-0.15, -0.1) is 0 Å². The summed E-state index contributed by atoms with van der Waals surface area (Å²) in [5.41, 5.74) is 1.08. The van der Waals surface area contributed by atoms with E-state index in [9.17, 15) is 0 Å². The molecule has 0 N–H and O–H groups in total. The number of hydrogen-bond donors (Lipinski definition) is 0. The van der Waals surface area contributed by atoms with Crippen LogP contribution < -0.4 is 4.74 Å². The Morgan fingerprint density at radius 3 is 2.52 bits per heavy atom. The maximum Gasteiger partial charge on any atom is 0.184 e. The SMILES string of the molecule is CCC[C@@H]1O[C@@H](c2ccc(OCCC(C)C)cc2)OC[C@H]1CC. The van der Waals surface area contributed by atoms with E-state index in [4.69, 9.17) is 14.2 Å². The molecule has 130 valence electrons. The van der Waals surface area contributed by atoms with Crippen molar-refractivity contribution in [1.29, 1.82) is 0 Å². The molecule has 2 rings (SSSR count). The molecule has 0 bridgehead atoms. The van der Waals surface area contributed by atoms with Gasteiger partial charge in [0.15, 0.2) is 6.29 Å². The van der Waals surface area contributed by atoms with E-state index in [0.717, 1.165) is 50.2 Å². The van der Waals surface area contributed by atoms with Gasteiger partial charge in [-0.3, -0.25) is 0 Å². The molecule has 0 saturated carbocycles. The monoisotopic (exact) mass is 320 g/mol. The first-order valence-corrected chi connectivity index (χ1v) is 9.13. The summed E-state index contributed by atoms with van der Waals surface area (Å²) in [5.74, 6) is 2.10. The fourth-order valence-corrected chi connectivity index (χ4v) is 2.90. The standard InChI is InChI=1S/C20H32O3/c1-5-7-19-16(6-2)14-22-20(23-19)17-8-10-18(11-9-17)21-13-12-15(3)4/h8-11,15-16,19-20H,5-7,12-14H2,1-4H3/t16-,19+,20+/m1/s1. The van der Waals surface area contributed by atoms with Gasteiger partial charge in [0.2, 0.25) is 0 Å². The van der Waals surface area contributed by atoms with E-state index in [1.54, 1.807) is 0 Å². The first kappa shape index (κ1) is 18.3. The van der Waals surface area contributed by atoms with Crippen molar-refractivity contribution in [3.63, 3.8) is 0 Å². The molecule has 1 aliphatic heterocycles. The highest BCUT2D eigenvalue weighted by Gasteiger charge is 2.30. The molecule has 0 amide bonds. The van der Waals surface area contributed by atoms with Crippen molar-refractivity contribution in [3.05, 3.63) is 29.8 Å². The van der Waals surface area contributed by atoms with Gasteiger partial charge in [-0.1, -0.05) is 46.2 Å². The van der Waals surface area contributed by atoms with Crippen LogP contribution in [0, 0.1) is 11.8 Å². The first-order valence-electron chi connectivity index (χ1n) is 9.13. The van der Waals surface area contributed by atoms with Crippen LogP contribution in [0.25, 0.3) is 0 Å². The third-order valence-electron chi connectivity index (χ3n) is 4.50. The largest absolute Gasteiger partial charge is 0.494 e. The Morgan fingerprint density at radius 1 is 1.17 bits per heavy atom. The van der Waals surface area contributed by atoms with Crippen LogP contribution in [-0.4, -0.2) is 19.3 Å². The van der Waals surface area contributed by atoms with Crippen LogP contribution in [-0.2, 0) is 9.47 Å². The van der Waals surface area contributed by atoms with Crippen LogP contribution in [0.2, 0.25) is 0 Å². The van der Waals surface area contributed by atoms with E-state index in [1.807, 2.05) is 12.1 Å². The molecular formula is C20H32O3. The molecule has 3 nitrogen and oxygen atoms in total. The molecule has 23 heavy (non-hydrogen) atoms. The van der Waals surface area contributed by atoms with Crippen LogP contribution >= 0.6 is 0 Å². The zero-order valence-electron chi connectivity index (χ0n) is 15.1. The zero-order valence-corrected chi connectivity index (χ0v) is 15.1. The maximum absolute atomic E-state index is 6.21. The Hall–Kier alpha value is -1.06. The molecule has 1 fully saturated rings. The van der Waals surface area contributed by atoms with Crippen LogP contribution in [0.4, 0.5) is 0 Å². The van der Waals surface area contributed by atoms with Crippen molar-refractivity contribution in [2.24, 2.45) is 11.8 Å². The highest BCUT2D eigenvalue weighted by Crippen LogP contribution is 2.33. The van der Waals surface area contributed by atoms with Gasteiger partial charge >= 0.3 is 0 Å². The second-order valence-electron chi connectivity index (χ2n) is 6.90. The van der Waals surface area contributed by atoms with Crippen molar-refractivity contribution in [2.75, 3.05) is 13.2 Å². The minimum absolute atomic E-state index is 0.237. The zero-order chi connectivity index (χ0) is 16.7. The molecule has 1 saturated heterocycles. The van der Waals surface area contributed by atoms with E-state index in [-0.39, 0.29) is 6.29 Å². The van der Waals surface area contributed by atoms with Gasteiger partial charge in [0.1, 0.15) is 5.75 Å².